The average Bonchev–Trinajstić information content (AvgIpc) is 2.87. The molecule has 4 nitrogen and oxygen atoms in total. The van der Waals surface area contributed by atoms with Crippen LogP contribution in [0.3, 0.4) is 0 Å². The Morgan fingerprint density at radius 1 is 1.05 bits per heavy atom. The fraction of sp³-hybridized carbons (Fsp3) is 0.176. The van der Waals surface area contributed by atoms with Crippen LogP contribution < -0.4 is 4.90 Å². The SMILES string of the molecule is CN(C)c1ccc(C#Cc2nc(Cl)nc3c2ccn3C)cc1. The molecule has 0 spiro atoms. The molecule has 0 saturated heterocycles. The quantitative estimate of drug-likeness (QED) is 0.511. The van der Waals surface area contributed by atoms with Crippen LogP contribution in [0.4, 0.5) is 5.69 Å². The summed E-state index contributed by atoms with van der Waals surface area (Å²) >= 11 is 5.98. The van der Waals surface area contributed by atoms with Crippen LogP contribution in [0.25, 0.3) is 11.0 Å². The summed E-state index contributed by atoms with van der Waals surface area (Å²) in [4.78, 5) is 10.5. The van der Waals surface area contributed by atoms with E-state index in [1.807, 2.05) is 62.2 Å². The Hall–Kier alpha value is -2.51. The molecule has 110 valence electrons. The minimum Gasteiger partial charge on any atom is -0.378 e. The summed E-state index contributed by atoms with van der Waals surface area (Å²) in [7, 11) is 5.94. The highest BCUT2D eigenvalue weighted by Gasteiger charge is 2.07. The molecule has 22 heavy (non-hydrogen) atoms. The van der Waals surface area contributed by atoms with Crippen molar-refractivity contribution in [2.75, 3.05) is 19.0 Å². The standard InChI is InChI=1S/C17H15ClN4/c1-21(2)13-7-4-12(5-8-13)6-9-15-14-10-11-22(3)16(14)20-17(18)19-15/h4-5,7-8,10-11H,1-3H3. The first-order valence-corrected chi connectivity index (χ1v) is 7.20. The predicted molar refractivity (Wildman–Crippen MR) is 90.3 cm³/mol. The molecule has 5 heteroatoms. The Balaban J connectivity index is 2.00. The molecule has 0 saturated carbocycles. The highest BCUT2D eigenvalue weighted by atomic mass is 35.5. The number of nitrogens with zero attached hydrogens (tertiary/aromatic N) is 4. The van der Waals surface area contributed by atoms with Gasteiger partial charge in [-0.05, 0) is 47.9 Å². The number of anilines is 1. The predicted octanol–water partition coefficient (Wildman–Crippen LogP) is 3.09. The van der Waals surface area contributed by atoms with Crippen LogP contribution in [0.1, 0.15) is 11.3 Å². The number of aryl methyl sites for hydroxylation is 1. The number of rotatable bonds is 1. The van der Waals surface area contributed by atoms with Crippen LogP contribution in [-0.4, -0.2) is 28.6 Å². The van der Waals surface area contributed by atoms with Gasteiger partial charge in [0.05, 0.1) is 5.39 Å². The topological polar surface area (TPSA) is 34.0 Å². The van der Waals surface area contributed by atoms with Crippen molar-refractivity contribution in [1.29, 1.82) is 0 Å². The van der Waals surface area contributed by atoms with Gasteiger partial charge in [-0.2, -0.15) is 4.98 Å². The smallest absolute Gasteiger partial charge is 0.225 e. The van der Waals surface area contributed by atoms with Gasteiger partial charge in [-0.1, -0.05) is 5.92 Å². The summed E-state index contributed by atoms with van der Waals surface area (Å²) < 4.78 is 1.90. The first-order valence-electron chi connectivity index (χ1n) is 6.82. The van der Waals surface area contributed by atoms with Gasteiger partial charge in [0, 0.05) is 38.6 Å². The summed E-state index contributed by atoms with van der Waals surface area (Å²) in [5.74, 6) is 6.22. The van der Waals surface area contributed by atoms with E-state index in [1.54, 1.807) is 0 Å². The Labute approximate surface area is 134 Å². The van der Waals surface area contributed by atoms with E-state index < -0.39 is 0 Å². The zero-order chi connectivity index (χ0) is 15.7. The van der Waals surface area contributed by atoms with Gasteiger partial charge in [0.25, 0.3) is 0 Å². The van der Waals surface area contributed by atoms with Gasteiger partial charge in [0.1, 0.15) is 11.3 Å². The number of fused-ring (bicyclic) bond motifs is 1. The second kappa shape index (κ2) is 5.70. The fourth-order valence-corrected chi connectivity index (χ4v) is 2.34. The fourth-order valence-electron chi connectivity index (χ4n) is 2.18. The summed E-state index contributed by atoms with van der Waals surface area (Å²) in [5, 5.41) is 1.12. The van der Waals surface area contributed by atoms with Gasteiger partial charge >= 0.3 is 0 Å². The largest absolute Gasteiger partial charge is 0.378 e. The lowest BCUT2D eigenvalue weighted by molar-refractivity contribution is 0.943. The van der Waals surface area contributed by atoms with E-state index in [2.05, 4.69) is 26.7 Å². The summed E-state index contributed by atoms with van der Waals surface area (Å²) in [6.45, 7) is 0. The van der Waals surface area contributed by atoms with Gasteiger partial charge < -0.3 is 9.47 Å². The lowest BCUT2D eigenvalue weighted by atomic mass is 10.2. The zero-order valence-corrected chi connectivity index (χ0v) is 13.4. The van der Waals surface area contributed by atoms with E-state index in [1.165, 1.54) is 0 Å². The second-order valence-corrected chi connectivity index (χ2v) is 5.53. The van der Waals surface area contributed by atoms with Gasteiger partial charge in [-0.15, -0.1) is 0 Å². The average molecular weight is 311 g/mol. The molecule has 2 heterocycles. The van der Waals surface area contributed by atoms with Crippen molar-refractivity contribution < 1.29 is 0 Å². The number of hydrogen-bond acceptors (Lipinski definition) is 3. The molecule has 0 bridgehead atoms. The van der Waals surface area contributed by atoms with Crippen molar-refractivity contribution in [3.63, 3.8) is 0 Å². The Bertz CT molecular complexity index is 883. The minimum absolute atomic E-state index is 0.210. The third-order valence-electron chi connectivity index (χ3n) is 3.41. The molecule has 3 rings (SSSR count). The van der Waals surface area contributed by atoms with E-state index in [4.69, 9.17) is 11.6 Å². The van der Waals surface area contributed by atoms with Crippen LogP contribution in [-0.2, 0) is 7.05 Å². The first-order chi connectivity index (χ1) is 10.5. The van der Waals surface area contributed by atoms with Crippen molar-refractivity contribution in [2.45, 2.75) is 0 Å². The molecule has 0 aliphatic rings. The molecule has 0 aliphatic carbocycles. The second-order valence-electron chi connectivity index (χ2n) is 5.20. The molecule has 0 fully saturated rings. The number of halogens is 1. The van der Waals surface area contributed by atoms with E-state index in [9.17, 15) is 0 Å². The molecule has 2 aromatic heterocycles. The van der Waals surface area contributed by atoms with Crippen LogP contribution in [0, 0.1) is 11.8 Å². The third-order valence-corrected chi connectivity index (χ3v) is 3.58. The lowest BCUT2D eigenvalue weighted by Gasteiger charge is -2.11. The van der Waals surface area contributed by atoms with Crippen LogP contribution in [0.2, 0.25) is 5.28 Å². The normalized spacial score (nSPS) is 10.4. The molecule has 0 N–H and O–H groups in total. The highest BCUT2D eigenvalue weighted by Crippen LogP contribution is 2.18. The molecule has 3 aromatic rings. The van der Waals surface area contributed by atoms with Crippen LogP contribution in [0.15, 0.2) is 36.5 Å². The molecule has 0 atom stereocenters. The Morgan fingerprint density at radius 3 is 2.45 bits per heavy atom. The lowest BCUT2D eigenvalue weighted by Crippen LogP contribution is -2.07. The van der Waals surface area contributed by atoms with E-state index >= 15 is 0 Å². The number of aromatic nitrogens is 3. The molecule has 0 amide bonds. The van der Waals surface area contributed by atoms with Gasteiger partial charge in [-0.3, -0.25) is 0 Å². The number of benzene rings is 1. The van der Waals surface area contributed by atoms with E-state index in [-0.39, 0.29) is 5.28 Å². The number of hydrogen-bond donors (Lipinski definition) is 0. The maximum absolute atomic E-state index is 5.98. The summed E-state index contributed by atoms with van der Waals surface area (Å²) in [6, 6.07) is 10.0. The van der Waals surface area contributed by atoms with Gasteiger partial charge in [-0.25, -0.2) is 4.98 Å². The van der Waals surface area contributed by atoms with Crippen molar-refractivity contribution in [1.82, 2.24) is 14.5 Å². The van der Waals surface area contributed by atoms with Crippen LogP contribution in [0.5, 0.6) is 0 Å². The highest BCUT2D eigenvalue weighted by molar-refractivity contribution is 6.28. The van der Waals surface area contributed by atoms with E-state index in [0.29, 0.717) is 5.69 Å². The third kappa shape index (κ3) is 2.76. The van der Waals surface area contributed by atoms with Gasteiger partial charge in [0.2, 0.25) is 5.28 Å². The molecule has 0 aliphatic heterocycles. The van der Waals surface area contributed by atoms with Crippen molar-refractivity contribution in [3.05, 3.63) is 53.1 Å². The minimum atomic E-state index is 0.210. The molecular weight excluding hydrogens is 296 g/mol. The van der Waals surface area contributed by atoms with E-state index in [0.717, 1.165) is 22.3 Å². The zero-order valence-electron chi connectivity index (χ0n) is 12.6. The molecule has 1 aromatic carbocycles. The molecular formula is C17H15ClN4. The summed E-state index contributed by atoms with van der Waals surface area (Å²) in [6.07, 6.45) is 1.92. The molecule has 0 radical (unpaired) electrons. The maximum Gasteiger partial charge on any atom is 0.225 e. The van der Waals surface area contributed by atoms with Crippen molar-refractivity contribution >= 4 is 28.3 Å². The summed E-state index contributed by atoms with van der Waals surface area (Å²) in [5.41, 5.74) is 3.50. The van der Waals surface area contributed by atoms with Crippen molar-refractivity contribution in [2.24, 2.45) is 7.05 Å². The van der Waals surface area contributed by atoms with Gasteiger partial charge in [0.15, 0.2) is 0 Å². The Kier molecular flexibility index (Phi) is 3.74. The van der Waals surface area contributed by atoms with Crippen LogP contribution >= 0.6 is 11.6 Å². The first kappa shape index (κ1) is 14.4. The Morgan fingerprint density at radius 2 is 1.77 bits per heavy atom. The van der Waals surface area contributed by atoms with Crippen molar-refractivity contribution in [3.8, 4) is 11.8 Å². The maximum atomic E-state index is 5.98. The molecule has 0 unspecified atom stereocenters. The monoisotopic (exact) mass is 310 g/mol.